The average molecular weight is 774 g/mol. The Morgan fingerprint density at radius 1 is 0.564 bits per heavy atom. The van der Waals surface area contributed by atoms with Gasteiger partial charge in [0.25, 0.3) is 0 Å². The Morgan fingerprint density at radius 2 is 0.891 bits per heavy atom. The summed E-state index contributed by atoms with van der Waals surface area (Å²) in [5, 5.41) is 21.1. The van der Waals surface area contributed by atoms with Gasteiger partial charge in [0.05, 0.1) is 0 Å². The molecular weight excluding hydrogens is 679 g/mol. The van der Waals surface area contributed by atoms with E-state index in [2.05, 4.69) is 155 Å². The predicted octanol–water partition coefficient (Wildman–Crippen LogP) is 9.50. The van der Waals surface area contributed by atoms with Gasteiger partial charge in [0.1, 0.15) is 0 Å². The van der Waals surface area contributed by atoms with Crippen LogP contribution >= 0.6 is 0 Å². The molecule has 0 atom stereocenters. The summed E-state index contributed by atoms with van der Waals surface area (Å²) in [6.45, 7) is 44.2. The first-order valence-corrected chi connectivity index (χ1v) is 22.6. The molecule has 0 spiro atoms. The zero-order valence-corrected chi connectivity index (χ0v) is 39.9. The third-order valence-electron chi connectivity index (χ3n) is 11.6. The van der Waals surface area contributed by atoms with Crippen molar-refractivity contribution in [1.82, 2.24) is 30.7 Å². The highest BCUT2D eigenvalue weighted by Gasteiger charge is 2.43. The number of rotatable bonds is 14. The van der Waals surface area contributed by atoms with Gasteiger partial charge in [-0.1, -0.05) is 47.0 Å². The number of hydrogen-bond acceptors (Lipinski definition) is 5. The van der Waals surface area contributed by atoms with E-state index < -0.39 is 0 Å². The van der Waals surface area contributed by atoms with E-state index in [1.54, 1.807) is 0 Å². The maximum Gasteiger partial charge on any atom is 0.221 e. The molecule has 9 nitrogen and oxygen atoms in total. The lowest BCUT2D eigenvalue weighted by Crippen LogP contribution is -2.64. The van der Waals surface area contributed by atoms with Crippen LogP contribution in [0.1, 0.15) is 202 Å². The van der Waals surface area contributed by atoms with Crippen LogP contribution in [0.5, 0.6) is 0 Å². The zero-order valence-electron chi connectivity index (χ0n) is 39.9. The summed E-state index contributed by atoms with van der Waals surface area (Å²) in [5.74, 6) is 1.68. The highest BCUT2D eigenvalue weighted by Crippen LogP contribution is 2.35. The number of piperidine rings is 3. The quantitative estimate of drug-likeness (QED) is 0.0680. The smallest absolute Gasteiger partial charge is 0.221 e. The van der Waals surface area contributed by atoms with E-state index in [4.69, 9.17) is 10.7 Å². The van der Waals surface area contributed by atoms with E-state index in [1.807, 2.05) is 0 Å². The monoisotopic (exact) mass is 774 g/mol. The van der Waals surface area contributed by atoms with Gasteiger partial charge in [-0.3, -0.25) is 10.3 Å². The van der Waals surface area contributed by atoms with Gasteiger partial charge in [0.15, 0.2) is 5.96 Å². The second kappa shape index (κ2) is 20.0. The van der Waals surface area contributed by atoms with E-state index in [0.29, 0.717) is 24.0 Å². The van der Waals surface area contributed by atoms with E-state index in [0.717, 1.165) is 76.9 Å². The Balaban J connectivity index is 0.00000248. The Labute approximate surface area is 342 Å². The number of hydrogen-bond donors (Lipinski definition) is 5. The van der Waals surface area contributed by atoms with Gasteiger partial charge in [0, 0.05) is 70.5 Å². The number of unbranched alkanes of at least 4 members (excludes halogenated alkanes) is 4. The molecule has 6 N–H and O–H groups in total. The number of aliphatic imine (C=N–C) groups is 1. The van der Waals surface area contributed by atoms with E-state index in [-0.39, 0.29) is 45.3 Å². The third kappa shape index (κ3) is 17.5. The molecule has 3 aliphatic rings. The summed E-state index contributed by atoms with van der Waals surface area (Å²) in [5.41, 5.74) is 7.25. The molecule has 0 aromatic carbocycles. The van der Waals surface area contributed by atoms with Crippen LogP contribution in [0.25, 0.3) is 0 Å². The summed E-state index contributed by atoms with van der Waals surface area (Å²) in [6, 6.07) is 1.69. The Bertz CT molecular complexity index is 1150. The van der Waals surface area contributed by atoms with Crippen molar-refractivity contribution >= 4 is 11.9 Å². The molecule has 3 heterocycles. The average Bonchev–Trinajstić information content (AvgIpc) is 2.93. The first kappa shape index (κ1) is 49.7. The second-order valence-electron chi connectivity index (χ2n) is 22.9. The van der Waals surface area contributed by atoms with Crippen molar-refractivity contribution in [2.75, 3.05) is 19.6 Å². The fourth-order valence-electron chi connectivity index (χ4n) is 10.8. The van der Waals surface area contributed by atoms with Crippen LogP contribution in [0.2, 0.25) is 0 Å². The molecule has 0 bridgehead atoms. The largest absolute Gasteiger partial charge is 0.369 e. The van der Waals surface area contributed by atoms with Crippen molar-refractivity contribution in [3.05, 3.63) is 0 Å². The first-order valence-electron chi connectivity index (χ1n) is 22.6. The minimum atomic E-state index is -0.0162. The summed E-state index contributed by atoms with van der Waals surface area (Å²) in [4.78, 5) is 12.4. The molecule has 324 valence electrons. The molecule has 55 heavy (non-hydrogen) atoms. The standard InChI is InChI=1S/C42H85N9.C4H10/c1-16-17-22-50(33-27-39(8,9)47-40(10,11)28-33)35(43)45-36(44)51(34-29-41(12,13)48-42(14,15)30-34)24-21-19-18-20-23-49(31(2)3)32-25-37(4,5)46-38(6,7)26-32;1-4(2)3/h31-34,46-48H,16-30H2,1-15H3,(H3,43,44,45);4H,1-3H3. The molecule has 3 rings (SSSR count). The van der Waals surface area contributed by atoms with Crippen LogP contribution in [0.3, 0.4) is 0 Å². The number of guanidine groups is 2. The zero-order chi connectivity index (χ0) is 42.2. The summed E-state index contributed by atoms with van der Waals surface area (Å²) >= 11 is 0. The second-order valence-corrected chi connectivity index (χ2v) is 22.9. The lowest BCUT2D eigenvalue weighted by molar-refractivity contribution is 0.0465. The van der Waals surface area contributed by atoms with Crippen molar-refractivity contribution in [2.24, 2.45) is 16.6 Å². The molecular formula is C46H95N9. The van der Waals surface area contributed by atoms with Gasteiger partial charge in [0.2, 0.25) is 5.96 Å². The molecule has 0 aromatic rings. The van der Waals surface area contributed by atoms with Crippen LogP contribution in [-0.4, -0.2) is 104 Å². The highest BCUT2D eigenvalue weighted by atomic mass is 15.4. The SMILES string of the molecule is CC(C)C.CCCCN(/C(N)=N/C(=N)N(CCCCCCN(C(C)C)C1CC(C)(C)NC(C)(C)C1)C1CC(C)(C)NC(C)(C)C1)C1CC(C)(C)NC(C)(C)C1. The number of nitrogens with zero attached hydrogens (tertiary/aromatic N) is 4. The highest BCUT2D eigenvalue weighted by molar-refractivity contribution is 5.93. The lowest BCUT2D eigenvalue weighted by atomic mass is 9.78. The molecule has 3 aliphatic heterocycles. The van der Waals surface area contributed by atoms with Gasteiger partial charge in [-0.05, 0) is 167 Å². The van der Waals surface area contributed by atoms with Crippen molar-refractivity contribution in [2.45, 2.75) is 259 Å². The van der Waals surface area contributed by atoms with E-state index in [9.17, 15) is 5.41 Å². The number of nitrogens with two attached hydrogens (primary N) is 1. The summed E-state index contributed by atoms with van der Waals surface area (Å²) in [6.07, 6.45) is 13.2. The normalized spacial score (nSPS) is 23.8. The minimum Gasteiger partial charge on any atom is -0.369 e. The van der Waals surface area contributed by atoms with E-state index in [1.165, 1.54) is 25.7 Å². The molecule has 0 unspecified atom stereocenters. The maximum atomic E-state index is 9.50. The predicted molar refractivity (Wildman–Crippen MR) is 241 cm³/mol. The Kier molecular flexibility index (Phi) is 18.1. The molecule has 0 amide bonds. The Morgan fingerprint density at radius 3 is 1.25 bits per heavy atom. The van der Waals surface area contributed by atoms with Gasteiger partial charge in [-0.2, -0.15) is 4.99 Å². The molecule has 3 saturated heterocycles. The third-order valence-corrected chi connectivity index (χ3v) is 11.6. The number of nitrogens with one attached hydrogen (secondary N) is 4. The molecule has 0 aromatic heterocycles. The maximum absolute atomic E-state index is 9.50. The van der Waals surface area contributed by atoms with Crippen LogP contribution in [0.15, 0.2) is 4.99 Å². The van der Waals surface area contributed by atoms with Gasteiger partial charge in [-0.15, -0.1) is 0 Å². The summed E-state index contributed by atoms with van der Waals surface area (Å²) in [7, 11) is 0. The van der Waals surface area contributed by atoms with Crippen LogP contribution in [-0.2, 0) is 0 Å². The van der Waals surface area contributed by atoms with Crippen molar-refractivity contribution < 1.29 is 0 Å². The molecule has 3 fully saturated rings. The first-order chi connectivity index (χ1) is 25.0. The Hall–Kier alpha value is -1.42. The van der Waals surface area contributed by atoms with Crippen molar-refractivity contribution in [1.29, 1.82) is 5.41 Å². The molecule has 0 radical (unpaired) electrons. The molecule has 0 aliphatic carbocycles. The van der Waals surface area contributed by atoms with Gasteiger partial charge in [-0.25, -0.2) is 0 Å². The van der Waals surface area contributed by atoms with Gasteiger partial charge < -0.3 is 31.5 Å². The minimum absolute atomic E-state index is 0.00988. The molecule has 0 saturated carbocycles. The van der Waals surface area contributed by atoms with Crippen LogP contribution in [0, 0.1) is 11.3 Å². The van der Waals surface area contributed by atoms with Crippen LogP contribution < -0.4 is 21.7 Å². The fourth-order valence-corrected chi connectivity index (χ4v) is 10.8. The van der Waals surface area contributed by atoms with E-state index >= 15 is 0 Å². The fraction of sp³-hybridized carbons (Fsp3) is 0.957. The molecule has 9 heteroatoms. The summed E-state index contributed by atoms with van der Waals surface area (Å²) < 4.78 is 0. The van der Waals surface area contributed by atoms with Crippen LogP contribution in [0.4, 0.5) is 0 Å². The lowest BCUT2D eigenvalue weighted by Gasteiger charge is -2.50. The van der Waals surface area contributed by atoms with Crippen molar-refractivity contribution in [3.63, 3.8) is 0 Å². The topological polar surface area (TPSA) is 108 Å². The van der Waals surface area contributed by atoms with Gasteiger partial charge >= 0.3 is 0 Å². The van der Waals surface area contributed by atoms with Crippen molar-refractivity contribution in [3.8, 4) is 0 Å².